The van der Waals surface area contributed by atoms with E-state index in [9.17, 15) is 4.79 Å². The molecule has 0 saturated heterocycles. The SMILES string of the molecule is O=C1Cc2cc(-c3cc(NC4CC4)ncn3)ccc2N1. The Kier molecular flexibility index (Phi) is 2.45. The Morgan fingerprint density at radius 3 is 2.95 bits per heavy atom. The Hall–Kier alpha value is -2.43. The predicted molar refractivity (Wildman–Crippen MR) is 76.4 cm³/mol. The van der Waals surface area contributed by atoms with Gasteiger partial charge in [-0.25, -0.2) is 9.97 Å². The zero-order chi connectivity index (χ0) is 13.5. The van der Waals surface area contributed by atoms with Gasteiger partial charge in [0.25, 0.3) is 0 Å². The number of anilines is 2. The fourth-order valence-electron chi connectivity index (χ4n) is 2.42. The summed E-state index contributed by atoms with van der Waals surface area (Å²) in [5.41, 5.74) is 3.83. The molecule has 1 fully saturated rings. The first kappa shape index (κ1) is 11.4. The van der Waals surface area contributed by atoms with Crippen molar-refractivity contribution in [3.63, 3.8) is 0 Å². The van der Waals surface area contributed by atoms with Crippen molar-refractivity contribution in [1.82, 2.24) is 9.97 Å². The molecule has 1 saturated carbocycles. The van der Waals surface area contributed by atoms with E-state index in [1.807, 2.05) is 24.3 Å². The molecule has 100 valence electrons. The minimum atomic E-state index is 0.0518. The molecule has 2 heterocycles. The van der Waals surface area contributed by atoms with Crippen LogP contribution in [0.5, 0.6) is 0 Å². The normalized spacial score (nSPS) is 16.7. The van der Waals surface area contributed by atoms with Crippen molar-refractivity contribution in [3.05, 3.63) is 36.2 Å². The number of rotatable bonds is 3. The van der Waals surface area contributed by atoms with Gasteiger partial charge in [-0.1, -0.05) is 6.07 Å². The van der Waals surface area contributed by atoms with E-state index in [0.717, 1.165) is 28.3 Å². The molecule has 1 aliphatic heterocycles. The number of carbonyl (C=O) groups excluding carboxylic acids is 1. The Morgan fingerprint density at radius 1 is 1.20 bits per heavy atom. The van der Waals surface area contributed by atoms with E-state index < -0.39 is 0 Å². The lowest BCUT2D eigenvalue weighted by atomic mass is 10.1. The molecule has 1 aromatic carbocycles. The molecule has 4 rings (SSSR count). The Balaban J connectivity index is 1.66. The van der Waals surface area contributed by atoms with Crippen molar-refractivity contribution in [3.8, 4) is 11.3 Å². The van der Waals surface area contributed by atoms with Crippen molar-refractivity contribution in [2.75, 3.05) is 10.6 Å². The summed E-state index contributed by atoms with van der Waals surface area (Å²) in [7, 11) is 0. The quantitative estimate of drug-likeness (QED) is 0.894. The van der Waals surface area contributed by atoms with E-state index in [-0.39, 0.29) is 5.91 Å². The lowest BCUT2D eigenvalue weighted by molar-refractivity contribution is -0.115. The Bertz CT molecular complexity index is 694. The van der Waals surface area contributed by atoms with Gasteiger partial charge < -0.3 is 10.6 Å². The molecule has 0 atom stereocenters. The molecule has 1 aliphatic carbocycles. The standard InChI is InChI=1S/C15H14N4O/c20-15-6-10-5-9(1-4-12(10)19-15)13-7-14(17-8-16-13)18-11-2-3-11/h1,4-5,7-8,11H,2-3,6H2,(H,19,20)(H,16,17,18). The number of hydrogen-bond acceptors (Lipinski definition) is 4. The van der Waals surface area contributed by atoms with Crippen LogP contribution in [0.1, 0.15) is 18.4 Å². The summed E-state index contributed by atoms with van der Waals surface area (Å²) >= 11 is 0. The highest BCUT2D eigenvalue weighted by molar-refractivity contribution is 5.99. The maximum Gasteiger partial charge on any atom is 0.228 e. The van der Waals surface area contributed by atoms with Crippen molar-refractivity contribution in [2.45, 2.75) is 25.3 Å². The van der Waals surface area contributed by atoms with Gasteiger partial charge in [-0.3, -0.25) is 4.79 Å². The molecule has 0 radical (unpaired) electrons. The summed E-state index contributed by atoms with van der Waals surface area (Å²) in [5.74, 6) is 0.920. The average Bonchev–Trinajstić information content (AvgIpc) is 3.17. The van der Waals surface area contributed by atoms with Gasteiger partial charge in [-0.15, -0.1) is 0 Å². The van der Waals surface area contributed by atoms with Crippen molar-refractivity contribution in [1.29, 1.82) is 0 Å². The number of nitrogens with one attached hydrogen (secondary N) is 2. The summed E-state index contributed by atoms with van der Waals surface area (Å²) in [6.07, 6.45) is 4.45. The summed E-state index contributed by atoms with van der Waals surface area (Å²) < 4.78 is 0. The summed E-state index contributed by atoms with van der Waals surface area (Å²) in [6.45, 7) is 0. The van der Waals surface area contributed by atoms with Gasteiger partial charge >= 0.3 is 0 Å². The largest absolute Gasteiger partial charge is 0.367 e. The maximum atomic E-state index is 11.4. The summed E-state index contributed by atoms with van der Waals surface area (Å²) in [5, 5.41) is 6.21. The predicted octanol–water partition coefficient (Wildman–Crippen LogP) is 2.21. The van der Waals surface area contributed by atoms with E-state index in [1.54, 1.807) is 6.33 Å². The minimum absolute atomic E-state index is 0.0518. The summed E-state index contributed by atoms with van der Waals surface area (Å²) in [6, 6.07) is 8.47. The zero-order valence-corrected chi connectivity index (χ0v) is 10.9. The second kappa shape index (κ2) is 4.30. The van der Waals surface area contributed by atoms with Crippen molar-refractivity contribution < 1.29 is 4.79 Å². The first-order valence-corrected chi connectivity index (χ1v) is 6.80. The van der Waals surface area contributed by atoms with Crippen LogP contribution >= 0.6 is 0 Å². The lowest BCUT2D eigenvalue weighted by Crippen LogP contribution is -2.03. The van der Waals surface area contributed by atoms with Gasteiger partial charge in [0, 0.05) is 23.4 Å². The molecule has 2 aromatic rings. The lowest BCUT2D eigenvalue weighted by Gasteiger charge is -2.07. The number of nitrogens with zero attached hydrogens (tertiary/aromatic N) is 2. The number of fused-ring (bicyclic) bond motifs is 1. The van der Waals surface area contributed by atoms with Crippen LogP contribution < -0.4 is 10.6 Å². The first-order chi connectivity index (χ1) is 9.78. The number of carbonyl (C=O) groups is 1. The van der Waals surface area contributed by atoms with Gasteiger partial charge in [0.05, 0.1) is 12.1 Å². The number of hydrogen-bond donors (Lipinski definition) is 2. The molecule has 20 heavy (non-hydrogen) atoms. The van der Waals surface area contributed by atoms with Gasteiger partial charge in [-0.2, -0.15) is 0 Å². The second-order valence-electron chi connectivity index (χ2n) is 5.30. The fourth-order valence-corrected chi connectivity index (χ4v) is 2.42. The third-order valence-corrected chi connectivity index (χ3v) is 3.62. The second-order valence-corrected chi connectivity index (χ2v) is 5.30. The number of amides is 1. The van der Waals surface area contributed by atoms with Gasteiger partial charge in [0.1, 0.15) is 12.1 Å². The Labute approximate surface area is 116 Å². The molecule has 2 N–H and O–H groups in total. The molecule has 0 bridgehead atoms. The molecule has 2 aliphatic rings. The number of benzene rings is 1. The average molecular weight is 266 g/mol. The van der Waals surface area contributed by atoms with E-state index in [0.29, 0.717) is 12.5 Å². The molecular formula is C15H14N4O. The third kappa shape index (κ3) is 2.11. The molecule has 5 nitrogen and oxygen atoms in total. The molecular weight excluding hydrogens is 252 g/mol. The monoisotopic (exact) mass is 266 g/mol. The smallest absolute Gasteiger partial charge is 0.228 e. The highest BCUT2D eigenvalue weighted by atomic mass is 16.1. The highest BCUT2D eigenvalue weighted by Crippen LogP contribution is 2.29. The van der Waals surface area contributed by atoms with Crippen LogP contribution in [0.4, 0.5) is 11.5 Å². The van der Waals surface area contributed by atoms with Crippen LogP contribution in [0.3, 0.4) is 0 Å². The van der Waals surface area contributed by atoms with Crippen LogP contribution in [0, 0.1) is 0 Å². The molecule has 0 unspecified atom stereocenters. The van der Waals surface area contributed by atoms with E-state index >= 15 is 0 Å². The first-order valence-electron chi connectivity index (χ1n) is 6.80. The third-order valence-electron chi connectivity index (χ3n) is 3.62. The van der Waals surface area contributed by atoms with E-state index in [2.05, 4.69) is 20.6 Å². The minimum Gasteiger partial charge on any atom is -0.367 e. The zero-order valence-electron chi connectivity index (χ0n) is 10.9. The highest BCUT2D eigenvalue weighted by Gasteiger charge is 2.22. The maximum absolute atomic E-state index is 11.4. The van der Waals surface area contributed by atoms with Crippen molar-refractivity contribution in [2.24, 2.45) is 0 Å². The van der Waals surface area contributed by atoms with Crippen LogP contribution in [-0.2, 0) is 11.2 Å². The Morgan fingerprint density at radius 2 is 2.10 bits per heavy atom. The van der Waals surface area contributed by atoms with Crippen molar-refractivity contribution >= 4 is 17.4 Å². The van der Waals surface area contributed by atoms with Crippen LogP contribution in [0.25, 0.3) is 11.3 Å². The van der Waals surface area contributed by atoms with E-state index in [1.165, 1.54) is 12.8 Å². The van der Waals surface area contributed by atoms with Gasteiger partial charge in [0.15, 0.2) is 0 Å². The van der Waals surface area contributed by atoms with Gasteiger partial charge in [-0.05, 0) is 30.5 Å². The number of aromatic nitrogens is 2. The topological polar surface area (TPSA) is 66.9 Å². The van der Waals surface area contributed by atoms with Crippen LogP contribution in [0.2, 0.25) is 0 Å². The molecule has 0 spiro atoms. The molecule has 1 amide bonds. The molecule has 5 heteroatoms. The van der Waals surface area contributed by atoms with Gasteiger partial charge in [0.2, 0.25) is 5.91 Å². The van der Waals surface area contributed by atoms with Crippen LogP contribution in [0.15, 0.2) is 30.6 Å². The van der Waals surface area contributed by atoms with Crippen LogP contribution in [-0.4, -0.2) is 21.9 Å². The molecule has 1 aromatic heterocycles. The fraction of sp³-hybridized carbons (Fsp3) is 0.267. The van der Waals surface area contributed by atoms with E-state index in [4.69, 9.17) is 0 Å². The summed E-state index contributed by atoms with van der Waals surface area (Å²) in [4.78, 5) is 19.9.